The molecule has 0 unspecified atom stereocenters. The SMILES string of the molecule is CN(C)C(=O)c1ncccc1C(N)=O. The summed E-state index contributed by atoms with van der Waals surface area (Å²) in [5.74, 6) is -0.984. The molecular formula is C9H11N3O2. The third kappa shape index (κ3) is 1.87. The maximum Gasteiger partial charge on any atom is 0.272 e. The number of aromatic nitrogens is 1. The van der Waals surface area contributed by atoms with E-state index in [1.54, 1.807) is 20.2 Å². The van der Waals surface area contributed by atoms with Crippen molar-refractivity contribution in [1.29, 1.82) is 0 Å². The topological polar surface area (TPSA) is 76.3 Å². The molecule has 1 aromatic rings. The van der Waals surface area contributed by atoms with Gasteiger partial charge in [0.2, 0.25) is 0 Å². The van der Waals surface area contributed by atoms with Gasteiger partial charge in [0, 0.05) is 20.3 Å². The molecule has 2 amide bonds. The van der Waals surface area contributed by atoms with Crippen LogP contribution in [0.3, 0.4) is 0 Å². The number of rotatable bonds is 2. The van der Waals surface area contributed by atoms with Crippen molar-refractivity contribution in [1.82, 2.24) is 9.88 Å². The van der Waals surface area contributed by atoms with Crippen LogP contribution < -0.4 is 5.73 Å². The Morgan fingerprint density at radius 2 is 2.07 bits per heavy atom. The highest BCUT2D eigenvalue weighted by atomic mass is 16.2. The van der Waals surface area contributed by atoms with Crippen molar-refractivity contribution < 1.29 is 9.59 Å². The molecule has 0 fully saturated rings. The van der Waals surface area contributed by atoms with E-state index in [0.717, 1.165) is 0 Å². The van der Waals surface area contributed by atoms with Gasteiger partial charge in [-0.3, -0.25) is 14.6 Å². The molecule has 1 rings (SSSR count). The van der Waals surface area contributed by atoms with Crippen LogP contribution in [0.2, 0.25) is 0 Å². The van der Waals surface area contributed by atoms with Gasteiger partial charge in [-0.25, -0.2) is 0 Å². The van der Waals surface area contributed by atoms with Gasteiger partial charge in [0.1, 0.15) is 5.69 Å². The summed E-state index contributed by atoms with van der Waals surface area (Å²) in [7, 11) is 3.17. The fraction of sp³-hybridized carbons (Fsp3) is 0.222. The van der Waals surface area contributed by atoms with E-state index in [1.165, 1.54) is 17.2 Å². The first kappa shape index (κ1) is 10.2. The summed E-state index contributed by atoms with van der Waals surface area (Å²) < 4.78 is 0. The van der Waals surface area contributed by atoms with E-state index in [1.807, 2.05) is 0 Å². The van der Waals surface area contributed by atoms with Crippen molar-refractivity contribution in [2.75, 3.05) is 14.1 Å². The summed E-state index contributed by atoms with van der Waals surface area (Å²) in [6.07, 6.45) is 1.45. The van der Waals surface area contributed by atoms with E-state index >= 15 is 0 Å². The van der Waals surface area contributed by atoms with Crippen LogP contribution in [0.5, 0.6) is 0 Å². The normalized spacial score (nSPS) is 9.57. The predicted octanol–water partition coefficient (Wildman–Crippen LogP) is -0.118. The van der Waals surface area contributed by atoms with Gasteiger partial charge in [-0.2, -0.15) is 0 Å². The Bertz CT molecular complexity index is 374. The molecule has 0 bridgehead atoms. The number of primary amides is 1. The molecule has 0 aliphatic heterocycles. The number of nitrogens with zero attached hydrogens (tertiary/aromatic N) is 2. The van der Waals surface area contributed by atoms with Gasteiger partial charge < -0.3 is 10.6 Å². The molecule has 0 aromatic carbocycles. The second-order valence-corrected chi connectivity index (χ2v) is 2.96. The average molecular weight is 193 g/mol. The van der Waals surface area contributed by atoms with Crippen molar-refractivity contribution in [3.8, 4) is 0 Å². The highest BCUT2D eigenvalue weighted by Crippen LogP contribution is 2.06. The minimum absolute atomic E-state index is 0.0880. The monoisotopic (exact) mass is 193 g/mol. The molecule has 0 spiro atoms. The number of nitrogens with two attached hydrogens (primary N) is 1. The molecule has 0 atom stereocenters. The van der Waals surface area contributed by atoms with Gasteiger partial charge in [0.05, 0.1) is 5.56 Å². The highest BCUT2D eigenvalue weighted by Gasteiger charge is 2.17. The van der Waals surface area contributed by atoms with Crippen molar-refractivity contribution in [2.45, 2.75) is 0 Å². The third-order valence-corrected chi connectivity index (χ3v) is 1.68. The molecule has 1 heterocycles. The minimum atomic E-state index is -0.650. The van der Waals surface area contributed by atoms with Gasteiger partial charge in [0.25, 0.3) is 11.8 Å². The van der Waals surface area contributed by atoms with Crippen LogP contribution in [0.25, 0.3) is 0 Å². The van der Waals surface area contributed by atoms with Crippen LogP contribution >= 0.6 is 0 Å². The lowest BCUT2D eigenvalue weighted by atomic mass is 10.1. The second kappa shape index (κ2) is 3.87. The molecule has 0 radical (unpaired) electrons. The Labute approximate surface area is 81.5 Å². The smallest absolute Gasteiger partial charge is 0.272 e. The zero-order chi connectivity index (χ0) is 10.7. The first-order valence-corrected chi connectivity index (χ1v) is 4.00. The molecule has 74 valence electrons. The number of carbonyl (C=O) groups is 2. The summed E-state index contributed by atoms with van der Waals surface area (Å²) in [4.78, 5) is 27.7. The molecule has 14 heavy (non-hydrogen) atoms. The van der Waals surface area contributed by atoms with Crippen molar-refractivity contribution in [2.24, 2.45) is 5.73 Å². The molecule has 1 aromatic heterocycles. The van der Waals surface area contributed by atoms with E-state index in [9.17, 15) is 9.59 Å². The maximum atomic E-state index is 11.5. The van der Waals surface area contributed by atoms with Gasteiger partial charge >= 0.3 is 0 Å². The number of carbonyl (C=O) groups excluding carboxylic acids is 2. The summed E-state index contributed by atoms with van der Waals surface area (Å²) >= 11 is 0. The maximum absolute atomic E-state index is 11.5. The number of hydrogen-bond acceptors (Lipinski definition) is 3. The van der Waals surface area contributed by atoms with Gasteiger partial charge in [-0.15, -0.1) is 0 Å². The fourth-order valence-electron chi connectivity index (χ4n) is 0.986. The summed E-state index contributed by atoms with van der Waals surface area (Å²) in [6.45, 7) is 0. The van der Waals surface area contributed by atoms with Gasteiger partial charge in [-0.05, 0) is 12.1 Å². The largest absolute Gasteiger partial charge is 0.366 e. The lowest BCUT2D eigenvalue weighted by Crippen LogP contribution is -2.26. The molecule has 5 heteroatoms. The first-order chi connectivity index (χ1) is 6.54. The van der Waals surface area contributed by atoms with Gasteiger partial charge in [0.15, 0.2) is 0 Å². The minimum Gasteiger partial charge on any atom is -0.366 e. The van der Waals surface area contributed by atoms with E-state index in [-0.39, 0.29) is 17.2 Å². The van der Waals surface area contributed by atoms with Crippen molar-refractivity contribution in [3.05, 3.63) is 29.6 Å². The Kier molecular flexibility index (Phi) is 2.81. The Morgan fingerprint density at radius 3 is 2.57 bits per heavy atom. The molecular weight excluding hydrogens is 182 g/mol. The molecule has 0 aliphatic rings. The molecule has 0 aliphatic carbocycles. The lowest BCUT2D eigenvalue weighted by Gasteiger charge is -2.10. The van der Waals surface area contributed by atoms with E-state index < -0.39 is 5.91 Å². The standard InChI is InChI=1S/C9H11N3O2/c1-12(2)9(14)7-6(8(10)13)4-3-5-11-7/h3-5H,1-2H3,(H2,10,13). The predicted molar refractivity (Wildman–Crippen MR) is 50.8 cm³/mol. The highest BCUT2D eigenvalue weighted by molar-refractivity contribution is 6.05. The number of amides is 2. The van der Waals surface area contributed by atoms with E-state index in [0.29, 0.717) is 0 Å². The van der Waals surface area contributed by atoms with Crippen LogP contribution in [0, 0.1) is 0 Å². The Hall–Kier alpha value is -1.91. The average Bonchev–Trinajstić information content (AvgIpc) is 2.16. The summed E-state index contributed by atoms with van der Waals surface area (Å²) in [5, 5.41) is 0. The lowest BCUT2D eigenvalue weighted by molar-refractivity contribution is 0.0815. The van der Waals surface area contributed by atoms with Crippen LogP contribution in [-0.2, 0) is 0 Å². The summed E-state index contributed by atoms with van der Waals surface area (Å²) in [6, 6.07) is 3.04. The van der Waals surface area contributed by atoms with Crippen LogP contribution in [0.1, 0.15) is 20.8 Å². The van der Waals surface area contributed by atoms with Crippen LogP contribution in [0.4, 0.5) is 0 Å². The quantitative estimate of drug-likeness (QED) is 0.711. The number of pyridine rings is 1. The van der Waals surface area contributed by atoms with E-state index in [2.05, 4.69) is 4.98 Å². The van der Waals surface area contributed by atoms with Crippen LogP contribution in [-0.4, -0.2) is 35.8 Å². The summed E-state index contributed by atoms with van der Waals surface area (Å²) in [5.41, 5.74) is 5.34. The van der Waals surface area contributed by atoms with Crippen LogP contribution in [0.15, 0.2) is 18.3 Å². The second-order valence-electron chi connectivity index (χ2n) is 2.96. The Morgan fingerprint density at radius 1 is 1.43 bits per heavy atom. The van der Waals surface area contributed by atoms with Crippen molar-refractivity contribution in [3.63, 3.8) is 0 Å². The zero-order valence-electron chi connectivity index (χ0n) is 8.02. The third-order valence-electron chi connectivity index (χ3n) is 1.68. The van der Waals surface area contributed by atoms with Crippen molar-refractivity contribution >= 4 is 11.8 Å². The first-order valence-electron chi connectivity index (χ1n) is 4.00. The van der Waals surface area contributed by atoms with E-state index in [4.69, 9.17) is 5.73 Å². The molecule has 0 saturated heterocycles. The fourth-order valence-corrected chi connectivity index (χ4v) is 0.986. The molecule has 2 N–H and O–H groups in total. The Balaban J connectivity index is 3.20. The zero-order valence-corrected chi connectivity index (χ0v) is 8.02. The number of hydrogen-bond donors (Lipinski definition) is 1. The van der Waals surface area contributed by atoms with Gasteiger partial charge in [-0.1, -0.05) is 0 Å². The molecule has 5 nitrogen and oxygen atoms in total. The molecule has 0 saturated carbocycles.